The smallest absolute Gasteiger partial charge is 0.315 e. The monoisotopic (exact) mass is 369 g/mol. The van der Waals surface area contributed by atoms with Gasteiger partial charge in [-0.25, -0.2) is 4.79 Å². The van der Waals surface area contributed by atoms with E-state index in [1.54, 1.807) is 7.11 Å². The molecule has 0 saturated carbocycles. The molecular weight excluding hydrogens is 342 g/mol. The minimum absolute atomic E-state index is 0.141. The average Bonchev–Trinajstić information content (AvgIpc) is 2.74. The van der Waals surface area contributed by atoms with Crippen LogP contribution in [-0.2, 0) is 11.3 Å². The summed E-state index contributed by atoms with van der Waals surface area (Å²) in [6.45, 7) is 4.23. The Bertz CT molecular complexity index is 700. The quantitative estimate of drug-likeness (QED) is 0.787. The molecular formula is C21H27N3O3. The van der Waals surface area contributed by atoms with Crippen LogP contribution in [0.4, 0.5) is 4.79 Å². The van der Waals surface area contributed by atoms with E-state index in [1.165, 1.54) is 5.56 Å². The summed E-state index contributed by atoms with van der Waals surface area (Å²) < 4.78 is 10.6. The number of amides is 2. The molecule has 0 aliphatic carbocycles. The summed E-state index contributed by atoms with van der Waals surface area (Å²) in [4.78, 5) is 14.6. The Labute approximate surface area is 160 Å². The van der Waals surface area contributed by atoms with Crippen LogP contribution >= 0.6 is 0 Å². The van der Waals surface area contributed by atoms with Crippen LogP contribution in [0, 0.1) is 0 Å². The molecule has 1 fully saturated rings. The van der Waals surface area contributed by atoms with E-state index in [0.717, 1.165) is 37.6 Å². The fourth-order valence-corrected chi connectivity index (χ4v) is 3.20. The Hall–Kier alpha value is -2.57. The lowest BCUT2D eigenvalue weighted by Gasteiger charge is -2.34. The number of nitrogens with zero attached hydrogens (tertiary/aromatic N) is 1. The number of hydrogen-bond donors (Lipinski definition) is 2. The van der Waals surface area contributed by atoms with Crippen LogP contribution in [0.2, 0.25) is 0 Å². The summed E-state index contributed by atoms with van der Waals surface area (Å²) >= 11 is 0. The minimum Gasteiger partial charge on any atom is -0.497 e. The summed E-state index contributed by atoms with van der Waals surface area (Å²) in [6.07, 6.45) is 0. The summed E-state index contributed by atoms with van der Waals surface area (Å²) in [5.74, 6) is 0.805. The molecule has 1 atom stereocenters. The fraction of sp³-hybridized carbons (Fsp3) is 0.381. The van der Waals surface area contributed by atoms with Gasteiger partial charge in [-0.1, -0.05) is 42.5 Å². The van der Waals surface area contributed by atoms with Crippen LogP contribution in [0.3, 0.4) is 0 Å². The number of rotatable bonds is 7. The molecule has 1 heterocycles. The molecule has 144 valence electrons. The van der Waals surface area contributed by atoms with Crippen molar-refractivity contribution in [2.75, 3.05) is 40.0 Å². The Morgan fingerprint density at radius 2 is 1.78 bits per heavy atom. The van der Waals surface area contributed by atoms with Gasteiger partial charge in [0.2, 0.25) is 0 Å². The molecule has 0 spiro atoms. The number of benzene rings is 2. The van der Waals surface area contributed by atoms with Crippen LogP contribution in [0.15, 0.2) is 54.6 Å². The maximum Gasteiger partial charge on any atom is 0.315 e. The predicted molar refractivity (Wildman–Crippen MR) is 105 cm³/mol. The first kappa shape index (κ1) is 19.2. The van der Waals surface area contributed by atoms with Gasteiger partial charge in [0.25, 0.3) is 0 Å². The summed E-state index contributed by atoms with van der Waals surface area (Å²) in [6, 6.07) is 17.9. The molecule has 3 rings (SSSR count). The minimum atomic E-state index is -0.167. The number of ether oxygens (including phenoxy) is 2. The van der Waals surface area contributed by atoms with E-state index in [9.17, 15) is 4.79 Å². The van der Waals surface area contributed by atoms with E-state index in [4.69, 9.17) is 9.47 Å². The number of hydrogen-bond acceptors (Lipinski definition) is 4. The first-order valence-corrected chi connectivity index (χ1v) is 9.27. The molecule has 6 nitrogen and oxygen atoms in total. The van der Waals surface area contributed by atoms with Crippen molar-refractivity contribution in [3.8, 4) is 5.75 Å². The van der Waals surface area contributed by atoms with Crippen molar-refractivity contribution >= 4 is 6.03 Å². The Kier molecular flexibility index (Phi) is 7.07. The van der Waals surface area contributed by atoms with Crippen molar-refractivity contribution in [1.29, 1.82) is 0 Å². The van der Waals surface area contributed by atoms with Crippen molar-refractivity contribution in [2.24, 2.45) is 0 Å². The third-order valence-corrected chi connectivity index (χ3v) is 4.74. The van der Waals surface area contributed by atoms with Crippen LogP contribution < -0.4 is 15.4 Å². The van der Waals surface area contributed by atoms with Crippen molar-refractivity contribution in [3.05, 3.63) is 65.7 Å². The Morgan fingerprint density at radius 1 is 1.07 bits per heavy atom. The SMILES string of the molecule is COc1ccc(CNC(=O)NCC(c2ccccc2)N2CCOCC2)cc1. The zero-order chi connectivity index (χ0) is 18.9. The van der Waals surface area contributed by atoms with Gasteiger partial charge in [-0.15, -0.1) is 0 Å². The second-order valence-corrected chi connectivity index (χ2v) is 6.49. The summed E-state index contributed by atoms with van der Waals surface area (Å²) in [5, 5.41) is 5.93. The molecule has 0 radical (unpaired) electrons. The second-order valence-electron chi connectivity index (χ2n) is 6.49. The van der Waals surface area contributed by atoms with Gasteiger partial charge in [0.05, 0.1) is 26.4 Å². The predicted octanol–water partition coefficient (Wildman–Crippen LogP) is 2.57. The molecule has 1 saturated heterocycles. The average molecular weight is 369 g/mol. The molecule has 2 aromatic carbocycles. The molecule has 6 heteroatoms. The van der Waals surface area contributed by atoms with E-state index >= 15 is 0 Å². The molecule has 1 unspecified atom stereocenters. The number of carbonyl (C=O) groups is 1. The summed E-state index contributed by atoms with van der Waals surface area (Å²) in [7, 11) is 1.64. The number of carbonyl (C=O) groups excluding carboxylic acids is 1. The van der Waals surface area contributed by atoms with Crippen molar-refractivity contribution in [1.82, 2.24) is 15.5 Å². The Morgan fingerprint density at radius 3 is 2.44 bits per heavy atom. The van der Waals surface area contributed by atoms with Gasteiger partial charge in [-0.3, -0.25) is 4.90 Å². The highest BCUT2D eigenvalue weighted by molar-refractivity contribution is 5.73. The van der Waals surface area contributed by atoms with Gasteiger partial charge in [0.1, 0.15) is 5.75 Å². The largest absolute Gasteiger partial charge is 0.497 e. The van der Waals surface area contributed by atoms with Gasteiger partial charge in [0.15, 0.2) is 0 Å². The number of nitrogens with one attached hydrogen (secondary N) is 2. The van der Waals surface area contributed by atoms with Crippen LogP contribution in [0.5, 0.6) is 5.75 Å². The van der Waals surface area contributed by atoms with E-state index in [0.29, 0.717) is 13.1 Å². The highest BCUT2D eigenvalue weighted by atomic mass is 16.5. The van der Waals surface area contributed by atoms with Gasteiger partial charge < -0.3 is 20.1 Å². The standard InChI is InChI=1S/C21H27N3O3/c1-26-19-9-7-17(8-10-19)15-22-21(25)23-16-20(18-5-3-2-4-6-18)24-11-13-27-14-12-24/h2-10,20H,11-16H2,1H3,(H2,22,23,25). The van der Waals surface area contributed by atoms with E-state index in [-0.39, 0.29) is 12.1 Å². The number of urea groups is 1. The van der Waals surface area contributed by atoms with Gasteiger partial charge >= 0.3 is 6.03 Å². The number of methoxy groups -OCH3 is 1. The van der Waals surface area contributed by atoms with Gasteiger partial charge in [-0.05, 0) is 23.3 Å². The molecule has 0 aromatic heterocycles. The van der Waals surface area contributed by atoms with E-state index in [2.05, 4.69) is 27.7 Å². The van der Waals surface area contributed by atoms with Crippen molar-refractivity contribution in [2.45, 2.75) is 12.6 Å². The highest BCUT2D eigenvalue weighted by Crippen LogP contribution is 2.21. The van der Waals surface area contributed by atoms with Gasteiger partial charge in [0, 0.05) is 26.2 Å². The molecule has 1 aliphatic heterocycles. The lowest BCUT2D eigenvalue weighted by molar-refractivity contribution is 0.0167. The van der Waals surface area contributed by atoms with E-state index in [1.807, 2.05) is 42.5 Å². The van der Waals surface area contributed by atoms with E-state index < -0.39 is 0 Å². The van der Waals surface area contributed by atoms with Crippen LogP contribution in [-0.4, -0.2) is 50.9 Å². The zero-order valence-corrected chi connectivity index (χ0v) is 15.7. The third-order valence-electron chi connectivity index (χ3n) is 4.74. The summed E-state index contributed by atoms with van der Waals surface area (Å²) in [5.41, 5.74) is 2.23. The lowest BCUT2D eigenvalue weighted by Crippen LogP contribution is -2.45. The molecule has 0 bridgehead atoms. The molecule has 2 amide bonds. The van der Waals surface area contributed by atoms with Crippen molar-refractivity contribution in [3.63, 3.8) is 0 Å². The normalized spacial score (nSPS) is 15.7. The maximum atomic E-state index is 12.3. The Balaban J connectivity index is 1.53. The third kappa shape index (κ3) is 5.70. The molecule has 2 N–H and O–H groups in total. The zero-order valence-electron chi connectivity index (χ0n) is 15.7. The van der Waals surface area contributed by atoms with Gasteiger partial charge in [-0.2, -0.15) is 0 Å². The van der Waals surface area contributed by atoms with Crippen molar-refractivity contribution < 1.29 is 14.3 Å². The molecule has 27 heavy (non-hydrogen) atoms. The maximum absolute atomic E-state index is 12.3. The number of morpholine rings is 1. The van der Waals surface area contributed by atoms with Crippen LogP contribution in [0.1, 0.15) is 17.2 Å². The second kappa shape index (κ2) is 9.94. The lowest BCUT2D eigenvalue weighted by atomic mass is 10.0. The highest BCUT2D eigenvalue weighted by Gasteiger charge is 2.22. The first-order valence-electron chi connectivity index (χ1n) is 9.27. The van der Waals surface area contributed by atoms with Crippen LogP contribution in [0.25, 0.3) is 0 Å². The topological polar surface area (TPSA) is 62.8 Å². The molecule has 1 aliphatic rings. The fourth-order valence-electron chi connectivity index (χ4n) is 3.20. The molecule has 2 aromatic rings. The first-order chi connectivity index (χ1) is 13.3.